The van der Waals surface area contributed by atoms with E-state index in [1.165, 1.54) is 32.1 Å². The molecule has 1 heterocycles. The Morgan fingerprint density at radius 3 is 2.68 bits per heavy atom. The lowest BCUT2D eigenvalue weighted by Crippen LogP contribution is -2.45. The topological polar surface area (TPSA) is 69.6 Å². The summed E-state index contributed by atoms with van der Waals surface area (Å²) in [7, 11) is 0. The Balaban J connectivity index is 0.00000180. The smallest absolute Gasteiger partial charge is 0.322 e. The Labute approximate surface area is 120 Å². The highest BCUT2D eigenvalue weighted by Crippen LogP contribution is 2.39. The van der Waals surface area contributed by atoms with Crippen LogP contribution in [0.1, 0.15) is 39.0 Å². The molecular formula is C13H23ClN2O3. The molecule has 0 bridgehead atoms. The van der Waals surface area contributed by atoms with Crippen LogP contribution in [0.4, 0.5) is 0 Å². The second-order valence-corrected chi connectivity index (χ2v) is 5.54. The highest BCUT2D eigenvalue weighted by molar-refractivity contribution is 5.85. The van der Waals surface area contributed by atoms with Crippen molar-refractivity contribution >= 4 is 24.3 Å². The number of nitrogens with zero attached hydrogens (tertiary/aromatic N) is 1. The standard InChI is InChI=1S/C13H22N2O3.ClH/c1-9-6-10-4-2-3-5-11(10)15(9)8-12(16)14-7-13(17)18;/h9-11H,2-8H2,1H3,(H,14,16)(H,17,18);1H. The Bertz CT molecular complexity index is 338. The third-order valence-electron chi connectivity index (χ3n) is 4.27. The van der Waals surface area contributed by atoms with Crippen molar-refractivity contribution in [2.24, 2.45) is 5.92 Å². The van der Waals surface area contributed by atoms with Gasteiger partial charge in [-0.25, -0.2) is 0 Å². The minimum Gasteiger partial charge on any atom is -0.480 e. The molecule has 0 aromatic rings. The highest BCUT2D eigenvalue weighted by atomic mass is 35.5. The lowest BCUT2D eigenvalue weighted by molar-refractivity contribution is -0.138. The van der Waals surface area contributed by atoms with Gasteiger partial charge in [-0.3, -0.25) is 14.5 Å². The van der Waals surface area contributed by atoms with Crippen molar-refractivity contribution in [3.05, 3.63) is 0 Å². The van der Waals surface area contributed by atoms with E-state index in [0.29, 0.717) is 18.6 Å². The molecule has 3 unspecified atom stereocenters. The average Bonchev–Trinajstić information content (AvgIpc) is 2.64. The molecule has 2 N–H and O–H groups in total. The molecule has 1 saturated carbocycles. The number of likely N-dealkylation sites (tertiary alicyclic amines) is 1. The van der Waals surface area contributed by atoms with Crippen LogP contribution in [0.3, 0.4) is 0 Å². The fourth-order valence-electron chi connectivity index (χ4n) is 3.47. The van der Waals surface area contributed by atoms with Crippen LogP contribution in [0.25, 0.3) is 0 Å². The number of halogens is 1. The van der Waals surface area contributed by atoms with Crippen LogP contribution in [0.5, 0.6) is 0 Å². The first kappa shape index (κ1) is 16.2. The maximum Gasteiger partial charge on any atom is 0.322 e. The number of carboxylic acid groups (broad SMARTS) is 1. The van der Waals surface area contributed by atoms with Gasteiger partial charge in [0, 0.05) is 12.1 Å². The maximum absolute atomic E-state index is 11.7. The van der Waals surface area contributed by atoms with Gasteiger partial charge in [-0.1, -0.05) is 12.8 Å². The van der Waals surface area contributed by atoms with Crippen molar-refractivity contribution in [3.8, 4) is 0 Å². The van der Waals surface area contributed by atoms with E-state index >= 15 is 0 Å². The summed E-state index contributed by atoms with van der Waals surface area (Å²) < 4.78 is 0. The highest BCUT2D eigenvalue weighted by Gasteiger charge is 2.40. The van der Waals surface area contributed by atoms with E-state index in [-0.39, 0.29) is 24.9 Å². The molecule has 1 amide bonds. The van der Waals surface area contributed by atoms with E-state index in [2.05, 4.69) is 17.1 Å². The quantitative estimate of drug-likeness (QED) is 0.818. The Morgan fingerprint density at radius 1 is 1.32 bits per heavy atom. The summed E-state index contributed by atoms with van der Waals surface area (Å²) in [6.07, 6.45) is 6.20. The van der Waals surface area contributed by atoms with Gasteiger partial charge in [-0.15, -0.1) is 12.4 Å². The van der Waals surface area contributed by atoms with Crippen LogP contribution in [-0.4, -0.2) is 47.1 Å². The molecule has 0 spiro atoms. The monoisotopic (exact) mass is 290 g/mol. The maximum atomic E-state index is 11.7. The predicted molar refractivity (Wildman–Crippen MR) is 74.4 cm³/mol. The molecule has 0 aromatic carbocycles. The van der Waals surface area contributed by atoms with Crippen LogP contribution in [-0.2, 0) is 9.59 Å². The second kappa shape index (κ2) is 7.10. The zero-order valence-electron chi connectivity index (χ0n) is 11.3. The molecule has 5 nitrogen and oxygen atoms in total. The normalized spacial score (nSPS) is 30.3. The number of carbonyl (C=O) groups is 2. The number of nitrogens with one attached hydrogen (secondary N) is 1. The van der Waals surface area contributed by atoms with Crippen LogP contribution in [0.2, 0.25) is 0 Å². The number of aliphatic carboxylic acids is 1. The minimum absolute atomic E-state index is 0. The number of hydrogen-bond donors (Lipinski definition) is 2. The van der Waals surface area contributed by atoms with Crippen LogP contribution >= 0.6 is 12.4 Å². The molecule has 2 fully saturated rings. The van der Waals surface area contributed by atoms with Crippen LogP contribution < -0.4 is 5.32 Å². The van der Waals surface area contributed by atoms with Crippen molar-refractivity contribution in [2.75, 3.05) is 13.1 Å². The number of rotatable bonds is 4. The van der Waals surface area contributed by atoms with E-state index in [0.717, 1.165) is 5.92 Å². The second-order valence-electron chi connectivity index (χ2n) is 5.54. The Kier molecular flexibility index (Phi) is 6.07. The van der Waals surface area contributed by atoms with Gasteiger partial charge >= 0.3 is 5.97 Å². The molecule has 6 heteroatoms. The van der Waals surface area contributed by atoms with E-state index in [1.54, 1.807) is 0 Å². The molecular weight excluding hydrogens is 268 g/mol. The number of carboxylic acids is 1. The summed E-state index contributed by atoms with van der Waals surface area (Å²) in [6, 6.07) is 0.970. The SMILES string of the molecule is CC1CC2CCCCC2N1CC(=O)NCC(=O)O.Cl. The molecule has 1 aliphatic carbocycles. The first-order chi connectivity index (χ1) is 8.58. The summed E-state index contributed by atoms with van der Waals surface area (Å²) >= 11 is 0. The molecule has 0 radical (unpaired) electrons. The van der Waals surface area contributed by atoms with E-state index in [9.17, 15) is 9.59 Å². The predicted octanol–water partition coefficient (Wildman–Crippen LogP) is 1.26. The Morgan fingerprint density at radius 2 is 2.00 bits per heavy atom. The average molecular weight is 291 g/mol. The van der Waals surface area contributed by atoms with Gasteiger partial charge in [0.1, 0.15) is 6.54 Å². The molecule has 110 valence electrons. The number of carbonyl (C=O) groups excluding carboxylic acids is 1. The number of fused-ring (bicyclic) bond motifs is 1. The summed E-state index contributed by atoms with van der Waals surface area (Å²) in [5, 5.41) is 11.0. The van der Waals surface area contributed by atoms with Gasteiger partial charge in [-0.2, -0.15) is 0 Å². The molecule has 1 saturated heterocycles. The molecule has 19 heavy (non-hydrogen) atoms. The molecule has 2 aliphatic rings. The van der Waals surface area contributed by atoms with E-state index < -0.39 is 5.97 Å². The molecule has 1 aliphatic heterocycles. The first-order valence-electron chi connectivity index (χ1n) is 6.82. The summed E-state index contributed by atoms with van der Waals surface area (Å²) in [6.45, 7) is 2.23. The molecule has 3 atom stereocenters. The number of hydrogen-bond acceptors (Lipinski definition) is 3. The van der Waals surface area contributed by atoms with Gasteiger partial charge in [-0.05, 0) is 32.1 Å². The minimum atomic E-state index is -0.992. The lowest BCUT2D eigenvalue weighted by Gasteiger charge is -2.32. The Hall–Kier alpha value is -0.810. The van der Waals surface area contributed by atoms with Crippen molar-refractivity contribution in [2.45, 2.75) is 51.1 Å². The fourth-order valence-corrected chi connectivity index (χ4v) is 3.47. The summed E-state index contributed by atoms with van der Waals surface area (Å²) in [5.74, 6) is -0.426. The fraction of sp³-hybridized carbons (Fsp3) is 0.846. The third-order valence-corrected chi connectivity index (χ3v) is 4.27. The van der Waals surface area contributed by atoms with Crippen molar-refractivity contribution < 1.29 is 14.7 Å². The van der Waals surface area contributed by atoms with Crippen LogP contribution in [0, 0.1) is 5.92 Å². The van der Waals surface area contributed by atoms with E-state index in [1.807, 2.05) is 0 Å². The summed E-state index contributed by atoms with van der Waals surface area (Å²) in [5.41, 5.74) is 0. The van der Waals surface area contributed by atoms with Crippen LogP contribution in [0.15, 0.2) is 0 Å². The van der Waals surface area contributed by atoms with Gasteiger partial charge in [0.2, 0.25) is 5.91 Å². The number of amides is 1. The zero-order chi connectivity index (χ0) is 13.1. The molecule has 0 aromatic heterocycles. The third kappa shape index (κ3) is 4.08. The van der Waals surface area contributed by atoms with Gasteiger partial charge in [0.25, 0.3) is 0 Å². The molecule has 2 rings (SSSR count). The van der Waals surface area contributed by atoms with Gasteiger partial charge in [0.05, 0.1) is 6.54 Å². The van der Waals surface area contributed by atoms with Crippen molar-refractivity contribution in [1.29, 1.82) is 0 Å². The largest absolute Gasteiger partial charge is 0.480 e. The van der Waals surface area contributed by atoms with E-state index in [4.69, 9.17) is 5.11 Å². The zero-order valence-corrected chi connectivity index (χ0v) is 12.1. The lowest BCUT2D eigenvalue weighted by atomic mass is 9.85. The summed E-state index contributed by atoms with van der Waals surface area (Å²) in [4.78, 5) is 24.4. The van der Waals surface area contributed by atoms with Gasteiger partial charge in [0.15, 0.2) is 0 Å². The van der Waals surface area contributed by atoms with Gasteiger partial charge < -0.3 is 10.4 Å². The van der Waals surface area contributed by atoms with Crippen molar-refractivity contribution in [3.63, 3.8) is 0 Å². The first-order valence-corrected chi connectivity index (χ1v) is 6.82. The van der Waals surface area contributed by atoms with Crippen molar-refractivity contribution in [1.82, 2.24) is 10.2 Å².